The van der Waals surface area contributed by atoms with Crippen LogP contribution in [0.4, 0.5) is 5.82 Å². The summed E-state index contributed by atoms with van der Waals surface area (Å²) < 4.78 is 5.82. The van der Waals surface area contributed by atoms with E-state index in [0.717, 1.165) is 5.56 Å². The predicted molar refractivity (Wildman–Crippen MR) is 107 cm³/mol. The lowest BCUT2D eigenvalue weighted by atomic mass is 10.2. The second-order valence-electron chi connectivity index (χ2n) is 5.81. The van der Waals surface area contributed by atoms with Gasteiger partial charge >= 0.3 is 5.69 Å². The molecule has 0 aliphatic carbocycles. The summed E-state index contributed by atoms with van der Waals surface area (Å²) in [6, 6.07) is 17.0. The van der Waals surface area contributed by atoms with Crippen LogP contribution in [-0.4, -0.2) is 33.8 Å². The van der Waals surface area contributed by atoms with Crippen molar-refractivity contribution in [3.8, 4) is 5.75 Å². The van der Waals surface area contributed by atoms with Crippen LogP contribution in [0.5, 0.6) is 5.75 Å². The van der Waals surface area contributed by atoms with Crippen molar-refractivity contribution in [2.24, 2.45) is 5.10 Å². The summed E-state index contributed by atoms with van der Waals surface area (Å²) in [6.45, 7) is 0.147. The highest BCUT2D eigenvalue weighted by Gasteiger charge is 2.05. The first kappa shape index (κ1) is 19.5. The second-order valence-corrected chi connectivity index (χ2v) is 5.81. The molecule has 29 heavy (non-hydrogen) atoms. The van der Waals surface area contributed by atoms with Crippen LogP contribution >= 0.6 is 0 Å². The molecule has 1 amide bonds. The largest absolute Gasteiger partial charge is 0.488 e. The van der Waals surface area contributed by atoms with Gasteiger partial charge in [-0.1, -0.05) is 42.5 Å². The fourth-order valence-electron chi connectivity index (χ4n) is 2.30. The van der Waals surface area contributed by atoms with Gasteiger partial charge in [0.05, 0.1) is 12.8 Å². The first-order valence-corrected chi connectivity index (χ1v) is 8.62. The van der Waals surface area contributed by atoms with E-state index in [4.69, 9.17) is 4.74 Å². The highest BCUT2D eigenvalue weighted by Crippen LogP contribution is 2.17. The van der Waals surface area contributed by atoms with Crippen molar-refractivity contribution in [3.63, 3.8) is 0 Å². The van der Waals surface area contributed by atoms with Crippen molar-refractivity contribution in [1.82, 2.24) is 20.6 Å². The number of ether oxygens (including phenoxy) is 1. The summed E-state index contributed by atoms with van der Waals surface area (Å²) in [5, 5.41) is 12.0. The van der Waals surface area contributed by atoms with Gasteiger partial charge in [0.15, 0.2) is 0 Å². The van der Waals surface area contributed by atoms with Crippen molar-refractivity contribution in [1.29, 1.82) is 0 Å². The lowest BCUT2D eigenvalue weighted by molar-refractivity contribution is -0.119. The third kappa shape index (κ3) is 5.89. The van der Waals surface area contributed by atoms with E-state index in [2.05, 4.69) is 26.0 Å². The van der Waals surface area contributed by atoms with Gasteiger partial charge in [0, 0.05) is 5.56 Å². The molecule has 4 N–H and O–H groups in total. The summed E-state index contributed by atoms with van der Waals surface area (Å²) in [5.41, 5.74) is 2.60. The molecular weight excluding hydrogens is 376 g/mol. The van der Waals surface area contributed by atoms with Crippen LogP contribution in [0.25, 0.3) is 0 Å². The third-order valence-corrected chi connectivity index (χ3v) is 3.68. The normalized spacial score (nSPS) is 10.6. The predicted octanol–water partition coefficient (Wildman–Crippen LogP) is 0.599. The Morgan fingerprint density at radius 2 is 1.86 bits per heavy atom. The van der Waals surface area contributed by atoms with Gasteiger partial charge in [-0.2, -0.15) is 5.10 Å². The number of carbonyl (C=O) groups is 1. The van der Waals surface area contributed by atoms with E-state index in [0.29, 0.717) is 17.9 Å². The fourth-order valence-corrected chi connectivity index (χ4v) is 2.30. The maximum atomic E-state index is 11.8. The minimum absolute atomic E-state index is 0.177. The molecule has 0 atom stereocenters. The van der Waals surface area contributed by atoms with Crippen molar-refractivity contribution in [2.75, 3.05) is 11.9 Å². The molecule has 1 heterocycles. The Morgan fingerprint density at radius 3 is 2.66 bits per heavy atom. The lowest BCUT2D eigenvalue weighted by Gasteiger charge is -2.09. The topological polar surface area (TPSA) is 141 Å². The molecule has 10 heteroatoms. The molecular formula is C19H18N6O4. The van der Waals surface area contributed by atoms with Gasteiger partial charge in [0.25, 0.3) is 11.5 Å². The average molecular weight is 394 g/mol. The monoisotopic (exact) mass is 394 g/mol. The summed E-state index contributed by atoms with van der Waals surface area (Å²) in [4.78, 5) is 36.2. The van der Waals surface area contributed by atoms with Crippen LogP contribution in [0.15, 0.2) is 69.3 Å². The van der Waals surface area contributed by atoms with Crippen LogP contribution < -0.4 is 26.7 Å². The smallest absolute Gasteiger partial charge is 0.342 e. The van der Waals surface area contributed by atoms with Crippen molar-refractivity contribution in [3.05, 3.63) is 86.6 Å². The number of para-hydroxylation sites is 1. The quantitative estimate of drug-likeness (QED) is 0.326. The van der Waals surface area contributed by atoms with Gasteiger partial charge in [-0.15, -0.1) is 5.10 Å². The van der Waals surface area contributed by atoms with E-state index in [1.54, 1.807) is 6.07 Å². The van der Waals surface area contributed by atoms with Crippen LogP contribution in [-0.2, 0) is 11.4 Å². The summed E-state index contributed by atoms with van der Waals surface area (Å²) >= 11 is 0. The Labute approximate surface area is 164 Å². The molecule has 0 aliphatic heterocycles. The number of hydrogen-bond acceptors (Lipinski definition) is 7. The molecule has 3 rings (SSSR count). The van der Waals surface area contributed by atoms with Crippen LogP contribution in [0, 0.1) is 0 Å². The lowest BCUT2D eigenvalue weighted by Crippen LogP contribution is -2.31. The number of hydrazone groups is 1. The molecule has 0 unspecified atom stereocenters. The number of H-pyrrole nitrogens is 2. The van der Waals surface area contributed by atoms with Gasteiger partial charge in [0.2, 0.25) is 5.82 Å². The standard InChI is InChI=1S/C19H18N6O4/c26-16(11-20-17-18(27)22-19(28)25-24-17)23-21-10-14-8-4-5-9-15(14)29-12-13-6-2-1-3-7-13/h1-10H,11-12H2,(H,20,24)(H,23,26)(H2,22,25,27,28)/b21-10+. The number of aromatic nitrogens is 3. The summed E-state index contributed by atoms with van der Waals surface area (Å²) in [5.74, 6) is -0.0591. The second kappa shape index (κ2) is 9.65. The molecule has 0 bridgehead atoms. The Hall–Kier alpha value is -4.21. The maximum absolute atomic E-state index is 11.8. The minimum Gasteiger partial charge on any atom is -0.488 e. The number of nitrogens with one attached hydrogen (secondary N) is 4. The van der Waals surface area contributed by atoms with Gasteiger partial charge in [-0.05, 0) is 17.7 Å². The van der Waals surface area contributed by atoms with E-state index in [-0.39, 0.29) is 12.4 Å². The molecule has 0 saturated heterocycles. The zero-order valence-corrected chi connectivity index (χ0v) is 15.2. The van der Waals surface area contributed by atoms with Crippen molar-refractivity contribution in [2.45, 2.75) is 6.61 Å². The molecule has 3 aromatic rings. The van der Waals surface area contributed by atoms with Crippen LogP contribution in [0.1, 0.15) is 11.1 Å². The van der Waals surface area contributed by atoms with Gasteiger partial charge in [0.1, 0.15) is 12.4 Å². The van der Waals surface area contributed by atoms with Gasteiger partial charge < -0.3 is 10.1 Å². The van der Waals surface area contributed by atoms with E-state index in [1.807, 2.05) is 53.5 Å². The van der Waals surface area contributed by atoms with Crippen molar-refractivity contribution < 1.29 is 9.53 Å². The number of anilines is 1. The number of hydrogen-bond donors (Lipinski definition) is 4. The Morgan fingerprint density at radius 1 is 1.10 bits per heavy atom. The maximum Gasteiger partial charge on any atom is 0.342 e. The van der Waals surface area contributed by atoms with Gasteiger partial charge in [-0.3, -0.25) is 14.6 Å². The fraction of sp³-hybridized carbons (Fsp3) is 0.105. The number of rotatable bonds is 8. The number of aromatic amines is 2. The average Bonchev–Trinajstić information content (AvgIpc) is 2.73. The van der Waals surface area contributed by atoms with E-state index in [1.165, 1.54) is 6.21 Å². The van der Waals surface area contributed by atoms with E-state index < -0.39 is 17.2 Å². The molecule has 0 saturated carbocycles. The molecule has 2 aromatic carbocycles. The Bertz CT molecular complexity index is 1110. The first-order chi connectivity index (χ1) is 14.1. The first-order valence-electron chi connectivity index (χ1n) is 8.62. The van der Waals surface area contributed by atoms with E-state index in [9.17, 15) is 14.4 Å². The van der Waals surface area contributed by atoms with Crippen LogP contribution in [0.2, 0.25) is 0 Å². The zero-order chi connectivity index (χ0) is 20.5. The highest BCUT2D eigenvalue weighted by molar-refractivity contribution is 5.86. The SMILES string of the molecule is O=C(CNc1n[nH]c(=O)[nH]c1=O)N/N=C/c1ccccc1OCc1ccccc1. The molecule has 1 aromatic heterocycles. The van der Waals surface area contributed by atoms with E-state index >= 15 is 0 Å². The Kier molecular flexibility index (Phi) is 6.50. The summed E-state index contributed by atoms with van der Waals surface area (Å²) in [7, 11) is 0. The number of amides is 1. The molecule has 0 radical (unpaired) electrons. The Balaban J connectivity index is 1.53. The minimum atomic E-state index is -0.734. The molecule has 0 spiro atoms. The van der Waals surface area contributed by atoms with Crippen LogP contribution in [0.3, 0.4) is 0 Å². The zero-order valence-electron chi connectivity index (χ0n) is 15.2. The molecule has 148 valence electrons. The number of nitrogens with zero attached hydrogens (tertiary/aromatic N) is 2. The van der Waals surface area contributed by atoms with Gasteiger partial charge in [-0.25, -0.2) is 15.3 Å². The summed E-state index contributed by atoms with van der Waals surface area (Å²) in [6.07, 6.45) is 1.46. The number of carbonyl (C=O) groups excluding carboxylic acids is 1. The molecule has 0 aliphatic rings. The van der Waals surface area contributed by atoms with Crippen molar-refractivity contribution >= 4 is 17.9 Å². The molecule has 10 nitrogen and oxygen atoms in total. The third-order valence-electron chi connectivity index (χ3n) is 3.68. The number of benzene rings is 2. The highest BCUT2D eigenvalue weighted by atomic mass is 16.5. The molecule has 0 fully saturated rings.